The molecule has 3 aromatic carbocycles. The molecular formula is C20H17Cl2NO3S. The van der Waals surface area contributed by atoms with Gasteiger partial charge in [-0.1, -0.05) is 53.5 Å². The number of nitrogens with zero attached hydrogens (tertiary/aromatic N) is 1. The van der Waals surface area contributed by atoms with Crippen LogP contribution in [0.4, 0.5) is 5.69 Å². The summed E-state index contributed by atoms with van der Waals surface area (Å²) < 4.78 is 33.3. The van der Waals surface area contributed by atoms with Crippen LogP contribution in [0.15, 0.2) is 77.7 Å². The van der Waals surface area contributed by atoms with Gasteiger partial charge in [0, 0.05) is 5.02 Å². The highest BCUT2D eigenvalue weighted by Crippen LogP contribution is 2.32. The molecule has 140 valence electrons. The van der Waals surface area contributed by atoms with Crippen LogP contribution in [0.25, 0.3) is 0 Å². The fourth-order valence-electron chi connectivity index (χ4n) is 2.62. The standard InChI is InChI=1S/C20H17Cl2NO3S/c1-26-18-10-8-17(9-11-18)23(14-15-5-3-2-4-6-15)27(24,25)20-12-7-16(21)13-19(20)22/h2-13H,14H2,1H3. The largest absolute Gasteiger partial charge is 0.497 e. The number of hydrogen-bond acceptors (Lipinski definition) is 3. The number of benzene rings is 3. The molecule has 0 spiro atoms. The molecule has 3 rings (SSSR count). The molecule has 0 N–H and O–H groups in total. The molecule has 3 aromatic rings. The lowest BCUT2D eigenvalue weighted by molar-refractivity contribution is 0.415. The fourth-order valence-corrected chi connectivity index (χ4v) is 4.82. The Morgan fingerprint density at radius 3 is 2.19 bits per heavy atom. The van der Waals surface area contributed by atoms with Crippen LogP contribution < -0.4 is 9.04 Å². The number of ether oxygens (including phenoxy) is 1. The van der Waals surface area contributed by atoms with Gasteiger partial charge in [0.2, 0.25) is 0 Å². The Morgan fingerprint density at radius 2 is 1.59 bits per heavy atom. The number of halogens is 2. The first-order valence-electron chi connectivity index (χ1n) is 8.07. The Labute approximate surface area is 169 Å². The third kappa shape index (κ3) is 4.38. The molecule has 0 saturated heterocycles. The molecule has 27 heavy (non-hydrogen) atoms. The molecule has 0 heterocycles. The van der Waals surface area contributed by atoms with Gasteiger partial charge in [-0.2, -0.15) is 0 Å². The molecule has 4 nitrogen and oxygen atoms in total. The molecule has 0 unspecified atom stereocenters. The smallest absolute Gasteiger partial charge is 0.266 e. The van der Waals surface area contributed by atoms with Crippen LogP contribution >= 0.6 is 23.2 Å². The van der Waals surface area contributed by atoms with Crippen LogP contribution in [-0.4, -0.2) is 15.5 Å². The summed E-state index contributed by atoms with van der Waals surface area (Å²) in [6.45, 7) is 0.161. The van der Waals surface area contributed by atoms with E-state index in [2.05, 4.69) is 0 Å². The summed E-state index contributed by atoms with van der Waals surface area (Å²) in [5.41, 5.74) is 1.35. The third-order valence-electron chi connectivity index (χ3n) is 3.99. The van der Waals surface area contributed by atoms with E-state index in [4.69, 9.17) is 27.9 Å². The topological polar surface area (TPSA) is 46.6 Å². The molecule has 0 saturated carbocycles. The summed E-state index contributed by atoms with van der Waals surface area (Å²) in [7, 11) is -2.36. The van der Waals surface area contributed by atoms with E-state index in [-0.39, 0.29) is 16.5 Å². The highest BCUT2D eigenvalue weighted by atomic mass is 35.5. The molecule has 0 bridgehead atoms. The first kappa shape index (κ1) is 19.5. The highest BCUT2D eigenvalue weighted by Gasteiger charge is 2.27. The average Bonchev–Trinajstić information content (AvgIpc) is 2.66. The van der Waals surface area contributed by atoms with E-state index in [9.17, 15) is 8.42 Å². The van der Waals surface area contributed by atoms with Crippen LogP contribution in [-0.2, 0) is 16.6 Å². The maximum atomic E-state index is 13.4. The van der Waals surface area contributed by atoms with Gasteiger partial charge in [0.05, 0.1) is 24.4 Å². The monoisotopic (exact) mass is 421 g/mol. The van der Waals surface area contributed by atoms with E-state index < -0.39 is 10.0 Å². The van der Waals surface area contributed by atoms with E-state index in [1.807, 2.05) is 30.3 Å². The van der Waals surface area contributed by atoms with Crippen molar-refractivity contribution in [3.05, 3.63) is 88.4 Å². The quantitative estimate of drug-likeness (QED) is 0.535. The zero-order valence-corrected chi connectivity index (χ0v) is 16.8. The molecular weight excluding hydrogens is 405 g/mol. The molecule has 0 aromatic heterocycles. The van der Waals surface area contributed by atoms with E-state index in [0.29, 0.717) is 16.5 Å². The normalized spacial score (nSPS) is 11.2. The average molecular weight is 422 g/mol. The molecule has 0 atom stereocenters. The second-order valence-electron chi connectivity index (χ2n) is 5.77. The van der Waals surface area contributed by atoms with Gasteiger partial charge in [-0.3, -0.25) is 4.31 Å². The van der Waals surface area contributed by atoms with Crippen molar-refractivity contribution in [1.29, 1.82) is 0 Å². The van der Waals surface area contributed by atoms with Crippen molar-refractivity contribution in [1.82, 2.24) is 0 Å². The molecule has 0 aliphatic heterocycles. The summed E-state index contributed by atoms with van der Waals surface area (Å²) in [6, 6.07) is 20.5. The van der Waals surface area contributed by atoms with Crippen LogP contribution in [0.5, 0.6) is 5.75 Å². The zero-order valence-electron chi connectivity index (χ0n) is 14.5. The van der Waals surface area contributed by atoms with Crippen LogP contribution in [0.1, 0.15) is 5.56 Å². The summed E-state index contributed by atoms with van der Waals surface area (Å²) in [5.74, 6) is 0.639. The maximum Gasteiger partial charge on any atom is 0.266 e. The lowest BCUT2D eigenvalue weighted by Gasteiger charge is -2.25. The number of sulfonamides is 1. The Hall–Kier alpha value is -2.21. The molecule has 0 aliphatic rings. The van der Waals surface area contributed by atoms with Crippen molar-refractivity contribution < 1.29 is 13.2 Å². The Morgan fingerprint density at radius 1 is 0.926 bits per heavy atom. The van der Waals surface area contributed by atoms with Gasteiger partial charge in [0.1, 0.15) is 10.6 Å². The van der Waals surface area contributed by atoms with Crippen LogP contribution in [0.2, 0.25) is 10.0 Å². The van der Waals surface area contributed by atoms with Crippen molar-refractivity contribution in [3.8, 4) is 5.75 Å². The van der Waals surface area contributed by atoms with Crippen molar-refractivity contribution >= 4 is 38.9 Å². The minimum atomic E-state index is -3.92. The molecule has 0 fully saturated rings. The van der Waals surface area contributed by atoms with E-state index in [1.165, 1.54) is 22.5 Å². The lowest BCUT2D eigenvalue weighted by atomic mass is 10.2. The summed E-state index contributed by atoms with van der Waals surface area (Å²) in [5, 5.41) is 0.451. The molecule has 0 amide bonds. The van der Waals surface area contributed by atoms with Gasteiger partial charge in [-0.15, -0.1) is 0 Å². The summed E-state index contributed by atoms with van der Waals surface area (Å²) in [6.07, 6.45) is 0. The van der Waals surface area contributed by atoms with Gasteiger partial charge >= 0.3 is 0 Å². The predicted molar refractivity (Wildman–Crippen MR) is 109 cm³/mol. The highest BCUT2D eigenvalue weighted by molar-refractivity contribution is 7.93. The Balaban J connectivity index is 2.09. The van der Waals surface area contributed by atoms with Crippen molar-refractivity contribution in [2.75, 3.05) is 11.4 Å². The molecule has 0 aliphatic carbocycles. The summed E-state index contributed by atoms with van der Waals surface area (Å²) >= 11 is 12.1. The van der Waals surface area contributed by atoms with Crippen molar-refractivity contribution in [2.24, 2.45) is 0 Å². The Kier molecular flexibility index (Phi) is 5.95. The number of hydrogen-bond donors (Lipinski definition) is 0. The first-order chi connectivity index (χ1) is 12.9. The number of anilines is 1. The first-order valence-corrected chi connectivity index (χ1v) is 10.3. The lowest BCUT2D eigenvalue weighted by Crippen LogP contribution is -2.30. The summed E-state index contributed by atoms with van der Waals surface area (Å²) in [4.78, 5) is 0.000292. The number of rotatable bonds is 6. The van der Waals surface area contributed by atoms with Gasteiger partial charge < -0.3 is 4.74 Å². The van der Waals surface area contributed by atoms with E-state index in [1.54, 1.807) is 31.4 Å². The predicted octanol–water partition coefficient (Wildman–Crippen LogP) is 5.40. The Bertz CT molecular complexity index is 1020. The van der Waals surface area contributed by atoms with Crippen molar-refractivity contribution in [2.45, 2.75) is 11.4 Å². The zero-order chi connectivity index (χ0) is 19.4. The molecule has 7 heteroatoms. The van der Waals surface area contributed by atoms with Gasteiger partial charge in [-0.25, -0.2) is 8.42 Å². The van der Waals surface area contributed by atoms with Crippen LogP contribution in [0, 0.1) is 0 Å². The van der Waals surface area contributed by atoms with Crippen molar-refractivity contribution in [3.63, 3.8) is 0 Å². The van der Waals surface area contributed by atoms with Gasteiger partial charge in [-0.05, 0) is 48.0 Å². The fraction of sp³-hybridized carbons (Fsp3) is 0.100. The minimum absolute atomic E-state index is 0.000292. The third-order valence-corrected chi connectivity index (χ3v) is 6.48. The second kappa shape index (κ2) is 8.21. The SMILES string of the molecule is COc1ccc(N(Cc2ccccc2)S(=O)(=O)c2ccc(Cl)cc2Cl)cc1. The van der Waals surface area contributed by atoms with E-state index >= 15 is 0 Å². The maximum absolute atomic E-state index is 13.4. The van der Waals surface area contributed by atoms with Gasteiger partial charge in [0.15, 0.2) is 0 Å². The second-order valence-corrected chi connectivity index (χ2v) is 8.44. The van der Waals surface area contributed by atoms with Gasteiger partial charge in [0.25, 0.3) is 10.0 Å². The van der Waals surface area contributed by atoms with Crippen LogP contribution in [0.3, 0.4) is 0 Å². The minimum Gasteiger partial charge on any atom is -0.497 e. The van der Waals surface area contributed by atoms with E-state index in [0.717, 1.165) is 5.56 Å². The number of methoxy groups -OCH3 is 1. The molecule has 0 radical (unpaired) electrons.